The Balaban J connectivity index is 1.99. The van der Waals surface area contributed by atoms with Crippen LogP contribution in [0.5, 0.6) is 0 Å². The number of sulfonamides is 1. The van der Waals surface area contributed by atoms with Crippen molar-refractivity contribution in [2.24, 2.45) is 11.8 Å². The van der Waals surface area contributed by atoms with E-state index in [4.69, 9.17) is 4.74 Å². The summed E-state index contributed by atoms with van der Waals surface area (Å²) in [5.41, 5.74) is 0.996. The van der Waals surface area contributed by atoms with Gasteiger partial charge in [-0.3, -0.25) is 4.79 Å². The maximum atomic E-state index is 12.8. The molecule has 1 aliphatic heterocycles. The second kappa shape index (κ2) is 9.52. The van der Waals surface area contributed by atoms with Crippen LogP contribution in [-0.4, -0.2) is 50.8 Å². The van der Waals surface area contributed by atoms with E-state index in [0.29, 0.717) is 12.8 Å². The van der Waals surface area contributed by atoms with Gasteiger partial charge in [-0.25, -0.2) is 13.2 Å². The molecule has 2 rings (SSSR count). The normalized spacial score (nSPS) is 18.3. The van der Waals surface area contributed by atoms with Gasteiger partial charge < -0.3 is 10.1 Å². The van der Waals surface area contributed by atoms with Gasteiger partial charge >= 0.3 is 5.97 Å². The number of carbonyl (C=O) groups is 2. The third-order valence-corrected chi connectivity index (χ3v) is 7.36. The molecule has 1 aliphatic rings. The maximum Gasteiger partial charge on any atom is 0.328 e. The molecule has 1 aromatic rings. The molecule has 0 unspecified atom stereocenters. The number of amides is 1. The van der Waals surface area contributed by atoms with Gasteiger partial charge in [0, 0.05) is 19.0 Å². The van der Waals surface area contributed by atoms with Crippen molar-refractivity contribution >= 4 is 21.9 Å². The molecule has 7 nitrogen and oxygen atoms in total. The van der Waals surface area contributed by atoms with Crippen LogP contribution >= 0.6 is 0 Å². The van der Waals surface area contributed by atoms with Crippen molar-refractivity contribution in [3.63, 3.8) is 0 Å². The maximum absolute atomic E-state index is 12.8. The van der Waals surface area contributed by atoms with Crippen LogP contribution < -0.4 is 5.32 Å². The minimum Gasteiger partial charge on any atom is -0.467 e. The van der Waals surface area contributed by atoms with Crippen molar-refractivity contribution in [3.8, 4) is 0 Å². The lowest BCUT2D eigenvalue weighted by molar-refractivity contribution is -0.147. The van der Waals surface area contributed by atoms with Crippen molar-refractivity contribution in [1.29, 1.82) is 0 Å². The third-order valence-electron chi connectivity index (χ3n) is 5.45. The molecule has 1 aromatic carbocycles. The zero-order valence-corrected chi connectivity index (χ0v) is 17.8. The standard InChI is InChI=1S/C20H30N2O5S/c1-5-15(3)18(20(24)27-4)21-19(23)16-10-12-22(13-11-16)28(25,26)17-8-6-14(2)7-9-17/h6-9,15-16,18H,5,10-13H2,1-4H3,(H,21,23)/t15-,18+/m1/s1. The number of nitrogens with one attached hydrogen (secondary N) is 1. The van der Waals surface area contributed by atoms with Crippen molar-refractivity contribution in [3.05, 3.63) is 29.8 Å². The lowest BCUT2D eigenvalue weighted by Crippen LogP contribution is -2.50. The first kappa shape index (κ1) is 22.4. The highest BCUT2D eigenvalue weighted by atomic mass is 32.2. The fraction of sp³-hybridized carbons (Fsp3) is 0.600. The van der Waals surface area contributed by atoms with E-state index in [1.165, 1.54) is 11.4 Å². The van der Waals surface area contributed by atoms with E-state index in [1.807, 2.05) is 20.8 Å². The minimum absolute atomic E-state index is 0.0431. The summed E-state index contributed by atoms with van der Waals surface area (Å²) in [4.78, 5) is 24.9. The van der Waals surface area contributed by atoms with Gasteiger partial charge in [-0.1, -0.05) is 38.0 Å². The molecular weight excluding hydrogens is 380 g/mol. The van der Waals surface area contributed by atoms with Crippen molar-refractivity contribution in [2.45, 2.75) is 51.0 Å². The van der Waals surface area contributed by atoms with Crippen LogP contribution in [0.3, 0.4) is 0 Å². The smallest absolute Gasteiger partial charge is 0.328 e. The van der Waals surface area contributed by atoms with Gasteiger partial charge in [-0.05, 0) is 37.8 Å². The molecule has 1 N–H and O–H groups in total. The lowest BCUT2D eigenvalue weighted by Gasteiger charge is -2.32. The molecular formula is C20H30N2O5S. The molecule has 2 atom stereocenters. The Morgan fingerprint density at radius 1 is 1.21 bits per heavy atom. The van der Waals surface area contributed by atoms with Gasteiger partial charge in [-0.15, -0.1) is 0 Å². The van der Waals surface area contributed by atoms with E-state index in [9.17, 15) is 18.0 Å². The van der Waals surface area contributed by atoms with E-state index < -0.39 is 22.0 Å². The predicted octanol–water partition coefficient (Wildman–Crippen LogP) is 2.10. The van der Waals surface area contributed by atoms with Gasteiger partial charge in [0.15, 0.2) is 0 Å². The number of hydrogen-bond acceptors (Lipinski definition) is 5. The van der Waals surface area contributed by atoms with Crippen LogP contribution in [0.15, 0.2) is 29.2 Å². The van der Waals surface area contributed by atoms with Gasteiger partial charge in [0.2, 0.25) is 15.9 Å². The molecule has 0 bridgehead atoms. The van der Waals surface area contributed by atoms with E-state index >= 15 is 0 Å². The molecule has 1 amide bonds. The molecule has 28 heavy (non-hydrogen) atoms. The summed E-state index contributed by atoms with van der Waals surface area (Å²) in [6.45, 7) is 6.29. The molecule has 0 saturated carbocycles. The number of carbonyl (C=O) groups excluding carboxylic acids is 2. The van der Waals surface area contributed by atoms with Crippen LogP contribution in [0.2, 0.25) is 0 Å². The molecule has 1 heterocycles. The molecule has 0 aromatic heterocycles. The fourth-order valence-corrected chi connectivity index (χ4v) is 4.75. The topological polar surface area (TPSA) is 92.8 Å². The molecule has 0 aliphatic carbocycles. The van der Waals surface area contributed by atoms with Crippen LogP contribution in [0.1, 0.15) is 38.7 Å². The number of rotatable bonds is 7. The summed E-state index contributed by atoms with van der Waals surface area (Å²) in [6, 6.07) is 6.08. The SMILES string of the molecule is CC[C@@H](C)[C@H](NC(=O)C1CCN(S(=O)(=O)c2ccc(C)cc2)CC1)C(=O)OC. The monoisotopic (exact) mass is 410 g/mol. The van der Waals surface area contributed by atoms with Crippen LogP contribution in [-0.2, 0) is 24.3 Å². The first-order valence-electron chi connectivity index (χ1n) is 9.65. The van der Waals surface area contributed by atoms with Crippen LogP contribution in [0, 0.1) is 18.8 Å². The average molecular weight is 411 g/mol. The van der Waals surface area contributed by atoms with Crippen molar-refractivity contribution < 1.29 is 22.7 Å². The van der Waals surface area contributed by atoms with Crippen LogP contribution in [0.4, 0.5) is 0 Å². The van der Waals surface area contributed by atoms with Crippen molar-refractivity contribution in [1.82, 2.24) is 9.62 Å². The molecule has 156 valence electrons. The second-order valence-electron chi connectivity index (χ2n) is 7.39. The Kier molecular flexibility index (Phi) is 7.60. The number of methoxy groups -OCH3 is 1. The van der Waals surface area contributed by atoms with E-state index in [0.717, 1.165) is 12.0 Å². The minimum atomic E-state index is -3.56. The summed E-state index contributed by atoms with van der Waals surface area (Å²) < 4.78 is 31.8. The Hall–Kier alpha value is -1.93. The number of esters is 1. The zero-order chi connectivity index (χ0) is 20.9. The largest absolute Gasteiger partial charge is 0.467 e. The molecule has 0 radical (unpaired) electrons. The number of piperidine rings is 1. The number of nitrogens with zero attached hydrogens (tertiary/aromatic N) is 1. The lowest BCUT2D eigenvalue weighted by atomic mass is 9.94. The molecule has 0 spiro atoms. The first-order chi connectivity index (χ1) is 13.2. The third kappa shape index (κ3) is 5.11. The van der Waals surface area contributed by atoms with E-state index in [2.05, 4.69) is 5.32 Å². The van der Waals surface area contributed by atoms with E-state index in [-0.39, 0.29) is 35.7 Å². The second-order valence-corrected chi connectivity index (χ2v) is 9.32. The number of hydrogen-bond donors (Lipinski definition) is 1. The highest BCUT2D eigenvalue weighted by molar-refractivity contribution is 7.89. The molecule has 1 saturated heterocycles. The fourth-order valence-electron chi connectivity index (χ4n) is 3.28. The summed E-state index contributed by atoms with van der Waals surface area (Å²) >= 11 is 0. The Morgan fingerprint density at radius 3 is 2.29 bits per heavy atom. The molecule has 8 heteroatoms. The zero-order valence-electron chi connectivity index (χ0n) is 17.0. The summed E-state index contributed by atoms with van der Waals surface area (Å²) in [7, 11) is -2.25. The predicted molar refractivity (Wildman–Crippen MR) is 106 cm³/mol. The number of ether oxygens (including phenoxy) is 1. The first-order valence-corrected chi connectivity index (χ1v) is 11.1. The highest BCUT2D eigenvalue weighted by Crippen LogP contribution is 2.24. The average Bonchev–Trinajstić information content (AvgIpc) is 2.71. The highest BCUT2D eigenvalue weighted by Gasteiger charge is 2.34. The number of aryl methyl sites for hydroxylation is 1. The van der Waals surface area contributed by atoms with E-state index in [1.54, 1.807) is 24.3 Å². The Bertz CT molecular complexity index is 783. The van der Waals surface area contributed by atoms with Gasteiger partial charge in [0.05, 0.1) is 12.0 Å². The van der Waals surface area contributed by atoms with Gasteiger partial charge in [-0.2, -0.15) is 4.31 Å². The summed E-state index contributed by atoms with van der Waals surface area (Å²) in [5.74, 6) is -1.04. The quantitative estimate of drug-likeness (QED) is 0.695. The molecule has 1 fully saturated rings. The van der Waals surface area contributed by atoms with Gasteiger partial charge in [0.1, 0.15) is 6.04 Å². The summed E-state index contributed by atoms with van der Waals surface area (Å²) in [6.07, 6.45) is 1.57. The Morgan fingerprint density at radius 2 is 1.79 bits per heavy atom. The summed E-state index contributed by atoms with van der Waals surface area (Å²) in [5, 5.41) is 2.80. The Labute approximate surface area is 167 Å². The van der Waals surface area contributed by atoms with Crippen molar-refractivity contribution in [2.75, 3.05) is 20.2 Å². The van der Waals surface area contributed by atoms with Crippen LogP contribution in [0.25, 0.3) is 0 Å². The number of benzene rings is 1. The van der Waals surface area contributed by atoms with Gasteiger partial charge in [0.25, 0.3) is 0 Å².